The van der Waals surface area contributed by atoms with Gasteiger partial charge in [0.15, 0.2) is 16.6 Å². The highest BCUT2D eigenvalue weighted by Crippen LogP contribution is 2.28. The van der Waals surface area contributed by atoms with E-state index in [0.29, 0.717) is 22.5 Å². The first-order chi connectivity index (χ1) is 14.5. The second-order valence-corrected chi connectivity index (χ2v) is 8.13. The Morgan fingerprint density at radius 3 is 2.50 bits per heavy atom. The molecular weight excluding hydrogens is 396 g/mol. The van der Waals surface area contributed by atoms with Crippen molar-refractivity contribution in [1.29, 1.82) is 0 Å². The number of nitrogens with zero attached hydrogens (tertiary/aromatic N) is 1. The average molecular weight is 423 g/mol. The molecule has 0 aliphatic heterocycles. The Kier molecular flexibility index (Phi) is 7.25. The first-order valence-corrected chi connectivity index (χ1v) is 10.6. The predicted molar refractivity (Wildman–Crippen MR) is 123 cm³/mol. The molecule has 1 heterocycles. The number of hydrogen-bond donors (Lipinski definition) is 1. The molecule has 1 aromatic heterocycles. The van der Waals surface area contributed by atoms with Gasteiger partial charge in [-0.3, -0.25) is 10.1 Å². The molecule has 0 aliphatic carbocycles. The summed E-state index contributed by atoms with van der Waals surface area (Å²) < 4.78 is 10.5. The number of benzene rings is 2. The first kappa shape index (κ1) is 21.6. The Morgan fingerprint density at radius 2 is 1.83 bits per heavy atom. The molecule has 30 heavy (non-hydrogen) atoms. The lowest BCUT2D eigenvalue weighted by molar-refractivity contribution is -0.111. The Bertz CT molecular complexity index is 1020. The fraction of sp³-hybridized carbons (Fsp3) is 0.250. The van der Waals surface area contributed by atoms with Crippen molar-refractivity contribution in [3.8, 4) is 22.8 Å². The van der Waals surface area contributed by atoms with Crippen molar-refractivity contribution in [3.05, 3.63) is 65.0 Å². The summed E-state index contributed by atoms with van der Waals surface area (Å²) in [5, 5.41) is 5.33. The van der Waals surface area contributed by atoms with Gasteiger partial charge in [-0.15, -0.1) is 11.3 Å². The van der Waals surface area contributed by atoms with E-state index in [1.54, 1.807) is 26.4 Å². The van der Waals surface area contributed by atoms with Gasteiger partial charge >= 0.3 is 0 Å². The molecule has 2 aromatic carbocycles. The van der Waals surface area contributed by atoms with Crippen molar-refractivity contribution in [3.63, 3.8) is 0 Å². The molecule has 3 aromatic rings. The van der Waals surface area contributed by atoms with Crippen LogP contribution in [0, 0.1) is 5.92 Å². The summed E-state index contributed by atoms with van der Waals surface area (Å²) in [6, 6.07) is 13.9. The molecule has 0 bridgehead atoms. The summed E-state index contributed by atoms with van der Waals surface area (Å²) in [4.78, 5) is 16.8. The van der Waals surface area contributed by atoms with Gasteiger partial charge in [-0.25, -0.2) is 4.98 Å². The molecule has 6 heteroatoms. The third-order valence-corrected chi connectivity index (χ3v) is 5.22. The van der Waals surface area contributed by atoms with Crippen LogP contribution >= 0.6 is 11.3 Å². The van der Waals surface area contributed by atoms with Gasteiger partial charge in [0.2, 0.25) is 5.91 Å². The van der Waals surface area contributed by atoms with Gasteiger partial charge in [-0.05, 0) is 41.7 Å². The van der Waals surface area contributed by atoms with E-state index in [1.807, 2.05) is 17.5 Å². The zero-order chi connectivity index (χ0) is 21.5. The van der Waals surface area contributed by atoms with E-state index >= 15 is 0 Å². The highest BCUT2D eigenvalue weighted by atomic mass is 32.1. The molecule has 0 spiro atoms. The van der Waals surface area contributed by atoms with Gasteiger partial charge in [0.25, 0.3) is 0 Å². The van der Waals surface area contributed by atoms with Crippen LogP contribution in [0.15, 0.2) is 53.9 Å². The van der Waals surface area contributed by atoms with E-state index in [2.05, 4.69) is 48.4 Å². The lowest BCUT2D eigenvalue weighted by Gasteiger charge is -2.07. The summed E-state index contributed by atoms with van der Waals surface area (Å²) in [7, 11) is 3.17. The number of thiazole rings is 1. The third-order valence-electron chi connectivity index (χ3n) is 4.46. The molecule has 0 aliphatic rings. The van der Waals surface area contributed by atoms with E-state index in [1.165, 1.54) is 23.0 Å². The van der Waals surface area contributed by atoms with Crippen molar-refractivity contribution >= 4 is 28.5 Å². The Hall–Kier alpha value is -3.12. The maximum absolute atomic E-state index is 12.3. The number of nitrogens with one attached hydrogen (secondary N) is 1. The summed E-state index contributed by atoms with van der Waals surface area (Å²) >= 11 is 1.41. The van der Waals surface area contributed by atoms with Crippen molar-refractivity contribution in [2.45, 2.75) is 20.3 Å². The van der Waals surface area contributed by atoms with Crippen LogP contribution < -0.4 is 14.8 Å². The molecule has 0 fully saturated rings. The van der Waals surface area contributed by atoms with Gasteiger partial charge in [0.1, 0.15) is 0 Å². The molecule has 1 N–H and O–H groups in total. The highest BCUT2D eigenvalue weighted by Gasteiger charge is 2.08. The molecule has 0 unspecified atom stereocenters. The molecule has 0 saturated carbocycles. The zero-order valence-corrected chi connectivity index (χ0v) is 18.5. The Morgan fingerprint density at radius 1 is 1.10 bits per heavy atom. The molecule has 3 rings (SSSR count). The maximum atomic E-state index is 12.3. The van der Waals surface area contributed by atoms with E-state index in [0.717, 1.165) is 23.2 Å². The first-order valence-electron chi connectivity index (χ1n) is 9.74. The summed E-state index contributed by atoms with van der Waals surface area (Å²) in [6.45, 7) is 4.42. The lowest BCUT2D eigenvalue weighted by Crippen LogP contribution is -2.07. The van der Waals surface area contributed by atoms with Crippen LogP contribution in [0.3, 0.4) is 0 Å². The van der Waals surface area contributed by atoms with Crippen LogP contribution in [-0.4, -0.2) is 25.1 Å². The van der Waals surface area contributed by atoms with Gasteiger partial charge < -0.3 is 9.47 Å². The quantitative estimate of drug-likeness (QED) is 0.475. The van der Waals surface area contributed by atoms with Crippen LogP contribution in [0.2, 0.25) is 0 Å². The molecular formula is C24H26N2O3S. The van der Waals surface area contributed by atoms with E-state index in [4.69, 9.17) is 9.47 Å². The van der Waals surface area contributed by atoms with E-state index < -0.39 is 0 Å². The normalized spacial score (nSPS) is 11.1. The van der Waals surface area contributed by atoms with Crippen LogP contribution in [-0.2, 0) is 11.2 Å². The molecule has 0 atom stereocenters. The highest BCUT2D eigenvalue weighted by molar-refractivity contribution is 7.14. The van der Waals surface area contributed by atoms with Crippen molar-refractivity contribution in [1.82, 2.24) is 4.98 Å². The monoisotopic (exact) mass is 422 g/mol. The number of carbonyl (C=O) groups excluding carboxylic acids is 1. The van der Waals surface area contributed by atoms with Crippen molar-refractivity contribution in [2.75, 3.05) is 19.5 Å². The largest absolute Gasteiger partial charge is 0.493 e. The second-order valence-electron chi connectivity index (χ2n) is 7.27. The Balaban J connectivity index is 1.63. The van der Waals surface area contributed by atoms with E-state index in [-0.39, 0.29) is 5.91 Å². The fourth-order valence-electron chi connectivity index (χ4n) is 3.02. The predicted octanol–water partition coefficient (Wildman–Crippen LogP) is 5.68. The SMILES string of the molecule is COc1ccc(/C=C/C(=O)Nc2nc(-c3ccc(CC(C)C)cc3)cs2)cc1OC. The van der Waals surface area contributed by atoms with Gasteiger partial charge in [0.05, 0.1) is 19.9 Å². The number of rotatable bonds is 8. The minimum atomic E-state index is -0.238. The van der Waals surface area contributed by atoms with Gasteiger partial charge in [-0.2, -0.15) is 0 Å². The number of aromatic nitrogens is 1. The maximum Gasteiger partial charge on any atom is 0.250 e. The average Bonchev–Trinajstić information content (AvgIpc) is 3.20. The molecule has 0 saturated heterocycles. The molecule has 1 amide bonds. The second kappa shape index (κ2) is 10.1. The topological polar surface area (TPSA) is 60.5 Å². The van der Waals surface area contributed by atoms with E-state index in [9.17, 15) is 4.79 Å². The summed E-state index contributed by atoms with van der Waals surface area (Å²) in [6.07, 6.45) is 4.26. The molecule has 5 nitrogen and oxygen atoms in total. The van der Waals surface area contributed by atoms with Crippen LogP contribution in [0.4, 0.5) is 5.13 Å². The zero-order valence-electron chi connectivity index (χ0n) is 17.6. The van der Waals surface area contributed by atoms with Gasteiger partial charge in [0, 0.05) is 17.0 Å². The smallest absolute Gasteiger partial charge is 0.250 e. The standard InChI is InChI=1S/C24H26N2O3S/c1-16(2)13-17-5-9-19(10-6-17)20-15-30-24(25-20)26-23(27)12-8-18-7-11-21(28-3)22(14-18)29-4/h5-12,14-16H,13H2,1-4H3,(H,25,26,27)/b12-8+. The number of methoxy groups -OCH3 is 2. The molecule has 156 valence electrons. The number of hydrogen-bond acceptors (Lipinski definition) is 5. The van der Waals surface area contributed by atoms with Crippen LogP contribution in [0.1, 0.15) is 25.0 Å². The number of ether oxygens (including phenoxy) is 2. The molecule has 0 radical (unpaired) electrons. The Labute approximate surface area is 181 Å². The van der Waals surface area contributed by atoms with Crippen LogP contribution in [0.5, 0.6) is 11.5 Å². The van der Waals surface area contributed by atoms with Crippen molar-refractivity contribution < 1.29 is 14.3 Å². The summed E-state index contributed by atoms with van der Waals surface area (Å²) in [5.74, 6) is 1.65. The minimum Gasteiger partial charge on any atom is -0.493 e. The number of carbonyl (C=O) groups is 1. The summed E-state index contributed by atoms with van der Waals surface area (Å²) in [5.41, 5.74) is 4.05. The number of amides is 1. The van der Waals surface area contributed by atoms with Gasteiger partial charge in [-0.1, -0.05) is 44.2 Å². The lowest BCUT2D eigenvalue weighted by atomic mass is 10.0. The van der Waals surface area contributed by atoms with Crippen molar-refractivity contribution in [2.24, 2.45) is 5.92 Å². The minimum absolute atomic E-state index is 0.238. The van der Waals surface area contributed by atoms with Crippen LogP contribution in [0.25, 0.3) is 17.3 Å². The number of anilines is 1. The fourth-order valence-corrected chi connectivity index (χ4v) is 3.74. The third kappa shape index (κ3) is 5.70.